The number of esters is 1. The number of halogens is 1. The molecule has 0 saturated carbocycles. The Morgan fingerprint density at radius 2 is 2.07 bits per heavy atom. The van der Waals surface area contributed by atoms with Gasteiger partial charge in [-0.3, -0.25) is 0 Å². The average Bonchev–Trinajstić information content (AvgIpc) is 3.07. The fraction of sp³-hybridized carbons (Fsp3) is 0.261. The van der Waals surface area contributed by atoms with Crippen molar-refractivity contribution in [3.8, 4) is 22.8 Å². The Labute approximate surface area is 174 Å². The second kappa shape index (κ2) is 8.10. The van der Waals surface area contributed by atoms with Gasteiger partial charge in [0.2, 0.25) is 0 Å². The molecule has 2 aromatic carbocycles. The third-order valence-electron chi connectivity index (χ3n) is 5.00. The van der Waals surface area contributed by atoms with Crippen molar-refractivity contribution in [3.63, 3.8) is 0 Å². The number of hydrogen-bond donors (Lipinski definition) is 0. The zero-order chi connectivity index (χ0) is 21.3. The predicted molar refractivity (Wildman–Crippen MR) is 112 cm³/mol. The maximum absolute atomic E-state index is 14.0. The minimum absolute atomic E-state index is 0.194. The van der Waals surface area contributed by atoms with Gasteiger partial charge in [-0.25, -0.2) is 9.18 Å². The van der Waals surface area contributed by atoms with Crippen LogP contribution in [-0.2, 0) is 17.9 Å². The minimum atomic E-state index is -0.396. The number of carbonyl (C=O) groups is 1. The highest BCUT2D eigenvalue weighted by Crippen LogP contribution is 2.41. The number of ether oxygens (including phenoxy) is 3. The fourth-order valence-electron chi connectivity index (χ4n) is 3.53. The van der Waals surface area contributed by atoms with Crippen molar-refractivity contribution in [3.05, 3.63) is 65.6 Å². The molecule has 1 aliphatic rings. The molecule has 0 bridgehead atoms. The predicted octanol–water partition coefficient (Wildman–Crippen LogP) is 4.12. The van der Waals surface area contributed by atoms with Gasteiger partial charge in [0.1, 0.15) is 30.5 Å². The molecule has 0 aliphatic carbocycles. The molecule has 4 rings (SSSR count). The highest BCUT2D eigenvalue weighted by atomic mass is 19.1. The zero-order valence-corrected chi connectivity index (χ0v) is 17.1. The first-order chi connectivity index (χ1) is 14.5. The van der Waals surface area contributed by atoms with Gasteiger partial charge >= 0.3 is 5.97 Å². The maximum atomic E-state index is 14.0. The Morgan fingerprint density at radius 3 is 2.83 bits per heavy atom. The van der Waals surface area contributed by atoms with Gasteiger partial charge in [-0.05, 0) is 42.0 Å². The van der Waals surface area contributed by atoms with Gasteiger partial charge in [-0.2, -0.15) is 0 Å². The van der Waals surface area contributed by atoms with E-state index in [-0.39, 0.29) is 12.4 Å². The van der Waals surface area contributed by atoms with Crippen LogP contribution in [0.3, 0.4) is 0 Å². The first kappa shape index (κ1) is 19.8. The van der Waals surface area contributed by atoms with Crippen molar-refractivity contribution in [2.45, 2.75) is 13.2 Å². The summed E-state index contributed by atoms with van der Waals surface area (Å²) in [5.41, 5.74) is 3.52. The van der Waals surface area contributed by atoms with Gasteiger partial charge in [-0.1, -0.05) is 6.07 Å². The molecule has 1 aromatic heterocycles. The molecule has 0 radical (unpaired) electrons. The molecule has 0 atom stereocenters. The topological polar surface area (TPSA) is 52.9 Å². The third-order valence-corrected chi connectivity index (χ3v) is 5.00. The first-order valence-electron chi connectivity index (χ1n) is 9.60. The van der Waals surface area contributed by atoms with E-state index in [0.717, 1.165) is 22.5 Å². The smallest absolute Gasteiger partial charge is 0.339 e. The van der Waals surface area contributed by atoms with Crippen LogP contribution in [0.15, 0.2) is 48.7 Å². The minimum Gasteiger partial charge on any atom is -0.491 e. The van der Waals surface area contributed by atoms with E-state index >= 15 is 0 Å². The molecule has 0 N–H and O–H groups in total. The maximum Gasteiger partial charge on any atom is 0.339 e. The Hall–Kier alpha value is -3.48. The lowest BCUT2D eigenvalue weighted by atomic mass is 10.1. The van der Waals surface area contributed by atoms with E-state index < -0.39 is 5.97 Å². The molecular formula is C23H23FN2O4. The van der Waals surface area contributed by atoms with Crippen LogP contribution in [0.4, 0.5) is 10.1 Å². The van der Waals surface area contributed by atoms with Crippen molar-refractivity contribution >= 4 is 11.7 Å². The van der Waals surface area contributed by atoms with E-state index in [4.69, 9.17) is 14.2 Å². The van der Waals surface area contributed by atoms with E-state index in [1.54, 1.807) is 12.3 Å². The van der Waals surface area contributed by atoms with Crippen LogP contribution in [0.5, 0.6) is 11.5 Å². The summed E-state index contributed by atoms with van der Waals surface area (Å²) >= 11 is 0. The lowest BCUT2D eigenvalue weighted by Gasteiger charge is -2.16. The molecule has 0 saturated heterocycles. The lowest BCUT2D eigenvalue weighted by molar-refractivity contribution is 0.0600. The van der Waals surface area contributed by atoms with Crippen molar-refractivity contribution in [2.24, 2.45) is 0 Å². The third kappa shape index (κ3) is 3.83. The van der Waals surface area contributed by atoms with Crippen molar-refractivity contribution in [1.29, 1.82) is 0 Å². The summed E-state index contributed by atoms with van der Waals surface area (Å²) in [4.78, 5) is 13.8. The summed E-state index contributed by atoms with van der Waals surface area (Å²) in [7, 11) is 5.08. The van der Waals surface area contributed by atoms with Crippen molar-refractivity contribution < 1.29 is 23.4 Å². The van der Waals surface area contributed by atoms with E-state index in [0.29, 0.717) is 30.2 Å². The standard InChI is InChI=1S/C23H23FN2O4/c1-25(2)18-10-15(9-17(24)12-18)14-30-21-6-4-5-20-22(21)19-11-16(23(27)28-3)13-26(19)7-8-29-20/h4-6,9-13H,7-8,14H2,1-3H3. The van der Waals surface area contributed by atoms with Crippen LogP contribution in [0.1, 0.15) is 15.9 Å². The molecule has 0 unspecified atom stereocenters. The molecule has 0 spiro atoms. The molecule has 3 aromatic rings. The monoisotopic (exact) mass is 410 g/mol. The molecule has 30 heavy (non-hydrogen) atoms. The molecule has 7 heteroatoms. The first-order valence-corrected chi connectivity index (χ1v) is 9.60. The number of methoxy groups -OCH3 is 1. The number of fused-ring (bicyclic) bond motifs is 3. The fourth-order valence-corrected chi connectivity index (χ4v) is 3.53. The Balaban J connectivity index is 1.69. The van der Waals surface area contributed by atoms with Crippen LogP contribution in [0, 0.1) is 5.82 Å². The van der Waals surface area contributed by atoms with E-state index in [1.807, 2.05) is 47.8 Å². The Morgan fingerprint density at radius 1 is 1.23 bits per heavy atom. The largest absolute Gasteiger partial charge is 0.491 e. The lowest BCUT2D eigenvalue weighted by Crippen LogP contribution is -2.10. The number of rotatable bonds is 5. The summed E-state index contributed by atoms with van der Waals surface area (Å²) in [5, 5.41) is 0. The second-order valence-corrected chi connectivity index (χ2v) is 7.28. The summed E-state index contributed by atoms with van der Waals surface area (Å²) in [6.07, 6.45) is 1.76. The molecule has 0 fully saturated rings. The van der Waals surface area contributed by atoms with E-state index in [1.165, 1.54) is 19.2 Å². The molecule has 0 amide bonds. The van der Waals surface area contributed by atoms with Crippen molar-refractivity contribution in [1.82, 2.24) is 4.57 Å². The van der Waals surface area contributed by atoms with E-state index in [9.17, 15) is 9.18 Å². The van der Waals surface area contributed by atoms with Gasteiger partial charge < -0.3 is 23.7 Å². The highest BCUT2D eigenvalue weighted by molar-refractivity contribution is 5.92. The van der Waals surface area contributed by atoms with Crippen LogP contribution in [0.25, 0.3) is 11.3 Å². The summed E-state index contributed by atoms with van der Waals surface area (Å²) in [6.45, 7) is 1.25. The van der Waals surface area contributed by atoms with Crippen LogP contribution >= 0.6 is 0 Å². The van der Waals surface area contributed by atoms with Gasteiger partial charge in [0.25, 0.3) is 0 Å². The molecular weight excluding hydrogens is 387 g/mol. The average molecular weight is 410 g/mol. The summed E-state index contributed by atoms with van der Waals surface area (Å²) < 4.78 is 32.8. The molecule has 2 heterocycles. The quantitative estimate of drug-likeness (QED) is 0.593. The number of anilines is 1. The molecule has 156 valence electrons. The van der Waals surface area contributed by atoms with Gasteiger partial charge in [-0.15, -0.1) is 0 Å². The van der Waals surface area contributed by atoms with Crippen LogP contribution in [-0.4, -0.2) is 38.3 Å². The zero-order valence-electron chi connectivity index (χ0n) is 17.1. The van der Waals surface area contributed by atoms with Gasteiger partial charge in [0.15, 0.2) is 0 Å². The SMILES string of the molecule is COC(=O)c1cc2n(c1)CCOc1cccc(OCc3cc(F)cc(N(C)C)c3)c1-2. The number of hydrogen-bond acceptors (Lipinski definition) is 5. The number of aromatic nitrogens is 1. The molecule has 1 aliphatic heterocycles. The number of nitrogens with zero attached hydrogens (tertiary/aromatic N) is 2. The second-order valence-electron chi connectivity index (χ2n) is 7.28. The highest BCUT2D eigenvalue weighted by Gasteiger charge is 2.23. The Kier molecular flexibility index (Phi) is 5.35. The number of benzene rings is 2. The van der Waals surface area contributed by atoms with Crippen LogP contribution < -0.4 is 14.4 Å². The van der Waals surface area contributed by atoms with Crippen molar-refractivity contribution in [2.75, 3.05) is 32.7 Å². The van der Waals surface area contributed by atoms with Crippen LogP contribution in [0.2, 0.25) is 0 Å². The summed E-state index contributed by atoms with van der Waals surface area (Å²) in [5.74, 6) is 0.564. The van der Waals surface area contributed by atoms with E-state index in [2.05, 4.69) is 0 Å². The van der Waals surface area contributed by atoms with Gasteiger partial charge in [0.05, 0.1) is 30.5 Å². The van der Waals surface area contributed by atoms with Gasteiger partial charge in [0, 0.05) is 26.0 Å². The summed E-state index contributed by atoms with van der Waals surface area (Å²) in [6, 6.07) is 12.2. The normalized spacial score (nSPS) is 12.3. The molecule has 6 nitrogen and oxygen atoms in total. The number of carbonyl (C=O) groups excluding carboxylic acids is 1. The Bertz CT molecular complexity index is 1090.